The number of amides is 2. The third-order valence-corrected chi connectivity index (χ3v) is 6.07. The van der Waals surface area contributed by atoms with Gasteiger partial charge in [-0.15, -0.1) is 0 Å². The lowest BCUT2D eigenvalue weighted by molar-refractivity contribution is -0.142. The molecule has 0 fully saturated rings. The second-order valence-electron chi connectivity index (χ2n) is 9.91. The van der Waals surface area contributed by atoms with Gasteiger partial charge in [-0.3, -0.25) is 9.59 Å². The Kier molecular flexibility index (Phi) is 9.69. The Labute approximate surface area is 215 Å². The molecule has 1 atom stereocenters. The molecule has 1 N–H and O–H groups in total. The number of carbonyl (C=O) groups is 2. The molecule has 3 rings (SSSR count). The Balaban J connectivity index is 1.91. The average Bonchev–Trinajstić information content (AvgIpc) is 2.84. The molecule has 0 saturated carbocycles. The summed E-state index contributed by atoms with van der Waals surface area (Å²) in [5, 5.41) is 3.05. The van der Waals surface area contributed by atoms with Gasteiger partial charge in [-0.25, -0.2) is 0 Å². The van der Waals surface area contributed by atoms with Crippen LogP contribution in [0.5, 0.6) is 5.75 Å². The maximum absolute atomic E-state index is 13.7. The van der Waals surface area contributed by atoms with Gasteiger partial charge in [0.15, 0.2) is 6.61 Å². The summed E-state index contributed by atoms with van der Waals surface area (Å²) in [5.41, 5.74) is 5.19. The van der Waals surface area contributed by atoms with Gasteiger partial charge in [0.05, 0.1) is 0 Å². The normalized spacial score (nSPS) is 11.7. The highest BCUT2D eigenvalue weighted by Crippen LogP contribution is 2.20. The van der Waals surface area contributed by atoms with Crippen molar-refractivity contribution in [1.29, 1.82) is 0 Å². The van der Waals surface area contributed by atoms with Crippen molar-refractivity contribution in [1.82, 2.24) is 10.2 Å². The van der Waals surface area contributed by atoms with Crippen LogP contribution in [-0.2, 0) is 22.6 Å². The molecule has 0 radical (unpaired) electrons. The Morgan fingerprint density at radius 1 is 0.861 bits per heavy atom. The number of hydrogen-bond donors (Lipinski definition) is 1. The lowest BCUT2D eigenvalue weighted by Gasteiger charge is -2.32. The summed E-state index contributed by atoms with van der Waals surface area (Å²) in [7, 11) is 0. The Morgan fingerprint density at radius 2 is 1.56 bits per heavy atom. The predicted octanol–water partition coefficient (Wildman–Crippen LogP) is 5.40. The Morgan fingerprint density at radius 3 is 2.22 bits per heavy atom. The number of benzene rings is 3. The lowest BCUT2D eigenvalue weighted by atomic mass is 10.0. The maximum Gasteiger partial charge on any atom is 0.261 e. The van der Waals surface area contributed by atoms with E-state index in [0.29, 0.717) is 31.2 Å². The molecule has 0 unspecified atom stereocenters. The average molecular weight is 487 g/mol. The third-order valence-electron chi connectivity index (χ3n) is 6.07. The second-order valence-corrected chi connectivity index (χ2v) is 9.91. The molecule has 5 nitrogen and oxygen atoms in total. The SMILES string of the molecule is Cc1cccc(CN(C(=O)COc2ccc(C)cc2C)[C@@H](Cc2ccccc2)C(=O)NCC(C)C)c1. The van der Waals surface area contributed by atoms with Crippen LogP contribution in [0.1, 0.15) is 41.7 Å². The summed E-state index contributed by atoms with van der Waals surface area (Å²) in [6.45, 7) is 10.9. The zero-order valence-electron chi connectivity index (χ0n) is 22.1. The fraction of sp³-hybridized carbons (Fsp3) is 0.355. The molecule has 0 heterocycles. The minimum absolute atomic E-state index is 0.140. The third kappa shape index (κ3) is 7.98. The number of carbonyl (C=O) groups excluding carboxylic acids is 2. The van der Waals surface area contributed by atoms with Crippen molar-refractivity contribution in [3.8, 4) is 5.75 Å². The van der Waals surface area contributed by atoms with Crippen molar-refractivity contribution in [3.63, 3.8) is 0 Å². The summed E-state index contributed by atoms with van der Waals surface area (Å²) >= 11 is 0. The van der Waals surface area contributed by atoms with Gasteiger partial charge in [0.1, 0.15) is 11.8 Å². The number of nitrogens with zero attached hydrogens (tertiary/aromatic N) is 1. The molecule has 0 aromatic heterocycles. The standard InChI is InChI=1S/C31H38N2O3/c1-22(2)19-32-31(35)28(18-26-11-7-6-8-12-26)33(20-27-13-9-10-23(3)17-27)30(34)21-36-29-15-14-24(4)16-25(29)5/h6-17,22,28H,18-21H2,1-5H3,(H,32,35)/t28-/m0/s1. The minimum atomic E-state index is -0.665. The number of hydrogen-bond acceptors (Lipinski definition) is 3. The molecule has 190 valence electrons. The van der Waals surface area contributed by atoms with Crippen LogP contribution in [0, 0.1) is 26.7 Å². The smallest absolute Gasteiger partial charge is 0.261 e. The van der Waals surface area contributed by atoms with E-state index in [1.165, 1.54) is 0 Å². The van der Waals surface area contributed by atoms with E-state index in [0.717, 1.165) is 27.8 Å². The Bertz CT molecular complexity index is 1160. The van der Waals surface area contributed by atoms with E-state index in [-0.39, 0.29) is 18.4 Å². The van der Waals surface area contributed by atoms with E-state index in [1.54, 1.807) is 4.90 Å². The molecular weight excluding hydrogens is 448 g/mol. The van der Waals surface area contributed by atoms with E-state index in [4.69, 9.17) is 4.74 Å². The zero-order valence-corrected chi connectivity index (χ0v) is 22.1. The predicted molar refractivity (Wildman–Crippen MR) is 145 cm³/mol. The van der Waals surface area contributed by atoms with Gasteiger partial charge < -0.3 is 15.0 Å². The fourth-order valence-corrected chi connectivity index (χ4v) is 4.17. The molecule has 5 heteroatoms. The van der Waals surface area contributed by atoms with Crippen LogP contribution in [-0.4, -0.2) is 35.9 Å². The van der Waals surface area contributed by atoms with E-state index in [1.807, 2.05) is 87.5 Å². The van der Waals surface area contributed by atoms with Crippen molar-refractivity contribution in [2.24, 2.45) is 5.92 Å². The van der Waals surface area contributed by atoms with Gasteiger partial charge in [0, 0.05) is 19.5 Å². The first kappa shape index (κ1) is 27.0. The first-order valence-corrected chi connectivity index (χ1v) is 12.6. The van der Waals surface area contributed by atoms with Crippen LogP contribution in [0.2, 0.25) is 0 Å². The zero-order chi connectivity index (χ0) is 26.1. The van der Waals surface area contributed by atoms with E-state index in [2.05, 4.69) is 25.2 Å². The number of nitrogens with one attached hydrogen (secondary N) is 1. The fourth-order valence-electron chi connectivity index (χ4n) is 4.17. The lowest BCUT2D eigenvalue weighted by Crippen LogP contribution is -2.52. The number of ether oxygens (including phenoxy) is 1. The van der Waals surface area contributed by atoms with Crippen molar-refractivity contribution >= 4 is 11.8 Å². The van der Waals surface area contributed by atoms with Gasteiger partial charge in [-0.05, 0) is 49.4 Å². The minimum Gasteiger partial charge on any atom is -0.483 e. The summed E-state index contributed by atoms with van der Waals surface area (Å²) in [6, 6.07) is 23.1. The molecular formula is C31H38N2O3. The molecule has 0 bridgehead atoms. The highest BCUT2D eigenvalue weighted by Gasteiger charge is 2.30. The van der Waals surface area contributed by atoms with Crippen LogP contribution in [0.4, 0.5) is 0 Å². The highest BCUT2D eigenvalue weighted by atomic mass is 16.5. The van der Waals surface area contributed by atoms with Crippen LogP contribution < -0.4 is 10.1 Å². The first-order chi connectivity index (χ1) is 17.2. The quantitative estimate of drug-likeness (QED) is 0.395. The molecule has 0 aliphatic rings. The van der Waals surface area contributed by atoms with Crippen molar-refractivity contribution in [3.05, 3.63) is 101 Å². The summed E-state index contributed by atoms with van der Waals surface area (Å²) in [6.07, 6.45) is 0.423. The highest BCUT2D eigenvalue weighted by molar-refractivity contribution is 5.88. The largest absolute Gasteiger partial charge is 0.483 e. The van der Waals surface area contributed by atoms with Crippen molar-refractivity contribution in [2.75, 3.05) is 13.2 Å². The molecule has 3 aromatic carbocycles. The van der Waals surface area contributed by atoms with Gasteiger partial charge in [0.25, 0.3) is 5.91 Å². The molecule has 0 aliphatic heterocycles. The van der Waals surface area contributed by atoms with Gasteiger partial charge in [0.2, 0.25) is 5.91 Å². The van der Waals surface area contributed by atoms with Gasteiger partial charge in [-0.2, -0.15) is 0 Å². The second kappa shape index (κ2) is 12.9. The van der Waals surface area contributed by atoms with Crippen LogP contribution >= 0.6 is 0 Å². The van der Waals surface area contributed by atoms with Crippen molar-refractivity contribution < 1.29 is 14.3 Å². The van der Waals surface area contributed by atoms with Crippen LogP contribution in [0.3, 0.4) is 0 Å². The molecule has 36 heavy (non-hydrogen) atoms. The van der Waals surface area contributed by atoms with E-state index in [9.17, 15) is 9.59 Å². The summed E-state index contributed by atoms with van der Waals surface area (Å²) < 4.78 is 5.95. The molecule has 0 spiro atoms. The monoisotopic (exact) mass is 486 g/mol. The molecule has 0 saturated heterocycles. The van der Waals surface area contributed by atoms with Crippen LogP contribution in [0.25, 0.3) is 0 Å². The number of rotatable bonds is 11. The Hall–Kier alpha value is -3.60. The van der Waals surface area contributed by atoms with Crippen molar-refractivity contribution in [2.45, 2.75) is 53.6 Å². The molecule has 2 amide bonds. The van der Waals surface area contributed by atoms with Crippen LogP contribution in [0.15, 0.2) is 72.8 Å². The topological polar surface area (TPSA) is 58.6 Å². The molecule has 3 aromatic rings. The summed E-state index contributed by atoms with van der Waals surface area (Å²) in [5.74, 6) is 0.602. The maximum atomic E-state index is 13.7. The van der Waals surface area contributed by atoms with E-state index >= 15 is 0 Å². The van der Waals surface area contributed by atoms with Gasteiger partial charge in [-0.1, -0.05) is 91.7 Å². The first-order valence-electron chi connectivity index (χ1n) is 12.6. The van der Waals surface area contributed by atoms with E-state index < -0.39 is 6.04 Å². The number of aryl methyl sites for hydroxylation is 3. The summed E-state index contributed by atoms with van der Waals surface area (Å²) in [4.78, 5) is 28.8. The molecule has 0 aliphatic carbocycles. The van der Waals surface area contributed by atoms with Gasteiger partial charge >= 0.3 is 0 Å².